The number of nitrogens with one attached hydrogen (secondary N) is 1. The van der Waals surface area contributed by atoms with Crippen molar-refractivity contribution in [2.45, 2.75) is 55.1 Å². The minimum atomic E-state index is -5.17. The number of thiophene rings is 1. The Kier molecular flexibility index (Phi) is 7.63. The number of nitrogens with zero attached hydrogens (tertiary/aromatic N) is 1. The van der Waals surface area contributed by atoms with Gasteiger partial charge in [0, 0.05) is 4.88 Å². The maximum atomic E-state index is 13.3. The molecular formula is C26H20F6N2O7S2. The molecule has 1 saturated carbocycles. The molecule has 0 spiro atoms. The second-order valence-corrected chi connectivity index (χ2v) is 12.9. The van der Waals surface area contributed by atoms with E-state index in [2.05, 4.69) is 4.74 Å². The van der Waals surface area contributed by atoms with Gasteiger partial charge in [0.2, 0.25) is 0 Å². The first-order chi connectivity index (χ1) is 20.0. The molecule has 2 aromatic heterocycles. The molecule has 9 nitrogen and oxygen atoms in total. The summed E-state index contributed by atoms with van der Waals surface area (Å²) in [5.74, 6) is -1.21. The van der Waals surface area contributed by atoms with Crippen LogP contribution in [-0.4, -0.2) is 47.0 Å². The lowest BCUT2D eigenvalue weighted by molar-refractivity contribution is -0.275. The Bertz CT molecular complexity index is 1920. The smallest absolute Gasteiger partial charge is 0.453 e. The van der Waals surface area contributed by atoms with Gasteiger partial charge < -0.3 is 14.6 Å². The lowest BCUT2D eigenvalue weighted by Crippen LogP contribution is -2.38. The third-order valence-electron chi connectivity index (χ3n) is 6.57. The van der Waals surface area contributed by atoms with Gasteiger partial charge in [-0.1, -0.05) is 0 Å². The molecule has 0 unspecified atom stereocenters. The molecule has 0 radical (unpaired) electrons. The maximum Gasteiger partial charge on any atom is 0.573 e. The van der Waals surface area contributed by atoms with Gasteiger partial charge >= 0.3 is 18.2 Å². The van der Waals surface area contributed by atoms with Gasteiger partial charge in [0.1, 0.15) is 10.6 Å². The molecule has 1 aliphatic rings. The van der Waals surface area contributed by atoms with Gasteiger partial charge in [0.15, 0.2) is 27.4 Å². The molecule has 17 heteroatoms. The number of aryl methyl sites for hydroxylation is 1. The minimum Gasteiger partial charge on any atom is -0.453 e. The maximum absolute atomic E-state index is 13.3. The van der Waals surface area contributed by atoms with Crippen molar-refractivity contribution in [3.8, 4) is 27.7 Å². The molecule has 2 aromatic carbocycles. The van der Waals surface area contributed by atoms with Gasteiger partial charge in [0.25, 0.3) is 5.56 Å². The quantitative estimate of drug-likeness (QED) is 0.249. The Morgan fingerprint density at radius 1 is 1.05 bits per heavy atom. The van der Waals surface area contributed by atoms with Crippen molar-refractivity contribution >= 4 is 31.4 Å². The van der Waals surface area contributed by atoms with Crippen LogP contribution < -0.4 is 20.7 Å². The molecule has 43 heavy (non-hydrogen) atoms. The van der Waals surface area contributed by atoms with Crippen LogP contribution >= 0.6 is 11.3 Å². The highest BCUT2D eigenvalue weighted by atomic mass is 32.2. The summed E-state index contributed by atoms with van der Waals surface area (Å²) in [6.45, 7) is 0.162. The van der Waals surface area contributed by atoms with E-state index >= 15 is 0 Å². The number of aromatic nitrogens is 2. The van der Waals surface area contributed by atoms with Crippen LogP contribution in [0, 0.1) is 6.92 Å². The first-order valence-corrected chi connectivity index (χ1v) is 14.7. The zero-order chi connectivity index (χ0) is 31.5. The highest BCUT2D eigenvalue weighted by molar-refractivity contribution is 7.92. The lowest BCUT2D eigenvalue weighted by Gasteiger charge is -2.16. The van der Waals surface area contributed by atoms with E-state index in [0.717, 1.165) is 12.1 Å². The first kappa shape index (κ1) is 30.6. The van der Waals surface area contributed by atoms with Crippen LogP contribution in [0.1, 0.15) is 18.4 Å². The van der Waals surface area contributed by atoms with Gasteiger partial charge in [-0.05, 0) is 73.4 Å². The summed E-state index contributed by atoms with van der Waals surface area (Å²) in [5.41, 5.74) is -1.95. The van der Waals surface area contributed by atoms with E-state index in [9.17, 15) is 49.5 Å². The number of aliphatic hydroxyl groups excluding tert-OH is 1. The fourth-order valence-corrected chi connectivity index (χ4v) is 7.29. The van der Waals surface area contributed by atoms with E-state index in [1.807, 2.05) is 4.98 Å². The van der Waals surface area contributed by atoms with Gasteiger partial charge in [0.05, 0.1) is 22.1 Å². The van der Waals surface area contributed by atoms with E-state index in [1.54, 1.807) is 0 Å². The molecule has 1 aliphatic carbocycles. The van der Waals surface area contributed by atoms with Crippen molar-refractivity contribution in [2.75, 3.05) is 0 Å². The van der Waals surface area contributed by atoms with Crippen molar-refractivity contribution in [2.24, 2.45) is 0 Å². The molecule has 4 aromatic rings. The van der Waals surface area contributed by atoms with Crippen molar-refractivity contribution < 1.29 is 49.3 Å². The molecule has 5 rings (SSSR count). The predicted molar refractivity (Wildman–Crippen MR) is 142 cm³/mol. The number of hydrogen-bond donors (Lipinski definition) is 2. The summed E-state index contributed by atoms with van der Waals surface area (Å²) < 4.78 is 114. The zero-order valence-corrected chi connectivity index (χ0v) is 23.4. The number of aliphatic hydroxyl groups is 1. The summed E-state index contributed by atoms with van der Waals surface area (Å²) in [6, 6.07) is 8.47. The number of aromatic amines is 1. The molecule has 230 valence electrons. The summed E-state index contributed by atoms with van der Waals surface area (Å²) >= 11 is 0.662. The standard InChI is InChI=1S/C26H20F6N2O7S2/c1-12-20-22(36)33-24(37)34(11-19(35)25(27,28)29)23(20)42-21(12)13-2-9-17(18(10-13)41-26(30,31)32)40-14-3-5-15(6-4-14)43(38,39)16-7-8-16/h2-6,9-10,16,19,35H,7-8,11H2,1H3,(H,33,36,37)/t19-/m1/s1. The third kappa shape index (κ3) is 6.28. The summed E-state index contributed by atoms with van der Waals surface area (Å²) in [4.78, 5) is 26.8. The Balaban J connectivity index is 1.55. The van der Waals surface area contributed by atoms with Crippen LogP contribution in [0.25, 0.3) is 20.7 Å². The van der Waals surface area contributed by atoms with Crippen LogP contribution in [0.4, 0.5) is 26.3 Å². The number of benzene rings is 2. The van der Waals surface area contributed by atoms with E-state index in [0.29, 0.717) is 28.7 Å². The summed E-state index contributed by atoms with van der Waals surface area (Å²) in [6.07, 6.45) is -12.1. The van der Waals surface area contributed by atoms with Crippen LogP contribution in [-0.2, 0) is 16.4 Å². The second-order valence-electron chi connectivity index (χ2n) is 9.69. The topological polar surface area (TPSA) is 128 Å². The van der Waals surface area contributed by atoms with Crippen molar-refractivity contribution in [3.63, 3.8) is 0 Å². The zero-order valence-electron chi connectivity index (χ0n) is 21.7. The summed E-state index contributed by atoms with van der Waals surface area (Å²) in [7, 11) is -3.51. The van der Waals surface area contributed by atoms with Crippen LogP contribution in [0.5, 0.6) is 17.2 Å². The van der Waals surface area contributed by atoms with Gasteiger partial charge in [-0.15, -0.1) is 24.5 Å². The average molecular weight is 651 g/mol. The Morgan fingerprint density at radius 3 is 2.28 bits per heavy atom. The highest BCUT2D eigenvalue weighted by Gasteiger charge is 2.39. The van der Waals surface area contributed by atoms with Crippen molar-refractivity contribution in [1.29, 1.82) is 0 Å². The van der Waals surface area contributed by atoms with E-state index in [4.69, 9.17) is 4.74 Å². The van der Waals surface area contributed by atoms with E-state index < -0.39 is 63.0 Å². The van der Waals surface area contributed by atoms with E-state index in [-0.39, 0.29) is 36.9 Å². The van der Waals surface area contributed by atoms with Crippen molar-refractivity contribution in [1.82, 2.24) is 9.55 Å². The largest absolute Gasteiger partial charge is 0.573 e. The number of sulfone groups is 1. The normalized spacial score (nSPS) is 15.1. The Labute approximate surface area is 241 Å². The monoisotopic (exact) mass is 650 g/mol. The number of halogens is 6. The first-order valence-electron chi connectivity index (χ1n) is 12.4. The highest BCUT2D eigenvalue weighted by Crippen LogP contribution is 2.43. The molecule has 0 aliphatic heterocycles. The predicted octanol–water partition coefficient (Wildman–Crippen LogP) is 5.28. The van der Waals surface area contributed by atoms with Gasteiger partial charge in [-0.3, -0.25) is 14.3 Å². The molecule has 0 bridgehead atoms. The number of hydrogen-bond acceptors (Lipinski definition) is 8. The molecule has 1 atom stereocenters. The Hall–Kier alpha value is -3.83. The molecular weight excluding hydrogens is 630 g/mol. The Morgan fingerprint density at radius 2 is 1.70 bits per heavy atom. The number of rotatable bonds is 8. The SMILES string of the molecule is Cc1c(-c2ccc(Oc3ccc(S(=O)(=O)C4CC4)cc3)c(OC(F)(F)F)c2)sc2c1c(=O)[nH]c(=O)n2C[C@@H](O)C(F)(F)F. The molecule has 0 saturated heterocycles. The number of H-pyrrole nitrogens is 1. The average Bonchev–Trinajstić information content (AvgIpc) is 3.70. The molecule has 2 N–H and O–H groups in total. The third-order valence-corrected chi connectivity index (χ3v) is 10.2. The fourth-order valence-electron chi connectivity index (χ4n) is 4.33. The number of alkyl halides is 6. The molecule has 0 amide bonds. The number of ether oxygens (including phenoxy) is 2. The number of fused-ring (bicyclic) bond motifs is 1. The van der Waals surface area contributed by atoms with Gasteiger partial charge in [-0.25, -0.2) is 13.2 Å². The van der Waals surface area contributed by atoms with Gasteiger partial charge in [-0.2, -0.15) is 13.2 Å². The van der Waals surface area contributed by atoms with Crippen LogP contribution in [0.15, 0.2) is 56.9 Å². The lowest BCUT2D eigenvalue weighted by atomic mass is 10.1. The second kappa shape index (κ2) is 10.7. The fraction of sp³-hybridized carbons (Fsp3) is 0.308. The van der Waals surface area contributed by atoms with Crippen molar-refractivity contribution in [3.05, 3.63) is 68.9 Å². The summed E-state index contributed by atoms with van der Waals surface area (Å²) in [5, 5.41) is 8.88. The van der Waals surface area contributed by atoms with Crippen LogP contribution in [0.2, 0.25) is 0 Å². The molecule has 1 fully saturated rings. The molecule has 2 heterocycles. The van der Waals surface area contributed by atoms with E-state index in [1.165, 1.54) is 37.3 Å². The minimum absolute atomic E-state index is 0.00587. The van der Waals surface area contributed by atoms with Crippen LogP contribution in [0.3, 0.4) is 0 Å².